The van der Waals surface area contributed by atoms with E-state index in [1.165, 1.54) is 6.42 Å². The summed E-state index contributed by atoms with van der Waals surface area (Å²) >= 11 is 5.81. The molecule has 1 amide bonds. The summed E-state index contributed by atoms with van der Waals surface area (Å²) in [6.07, 6.45) is 2.32. The summed E-state index contributed by atoms with van der Waals surface area (Å²) in [7, 11) is 2.00. The van der Waals surface area contributed by atoms with E-state index in [9.17, 15) is 4.79 Å². The molecule has 1 saturated heterocycles. The van der Waals surface area contributed by atoms with Gasteiger partial charge in [0.1, 0.15) is 0 Å². The van der Waals surface area contributed by atoms with Crippen LogP contribution in [0.1, 0.15) is 12.8 Å². The molecule has 1 aliphatic rings. The summed E-state index contributed by atoms with van der Waals surface area (Å²) < 4.78 is 0. The van der Waals surface area contributed by atoms with Crippen molar-refractivity contribution in [2.45, 2.75) is 18.9 Å². The fourth-order valence-electron chi connectivity index (χ4n) is 2.30. The SMILES string of the molecule is CN(CC(=O)Nc1ccc(Cl)cc1)C1CCCNC1. The molecule has 1 aromatic rings. The van der Waals surface area contributed by atoms with Gasteiger partial charge in [-0.1, -0.05) is 11.6 Å². The van der Waals surface area contributed by atoms with Gasteiger partial charge >= 0.3 is 0 Å². The summed E-state index contributed by atoms with van der Waals surface area (Å²) in [5, 5.41) is 6.91. The van der Waals surface area contributed by atoms with Crippen molar-refractivity contribution < 1.29 is 4.79 Å². The van der Waals surface area contributed by atoms with Crippen LogP contribution in [0.3, 0.4) is 0 Å². The van der Waals surface area contributed by atoms with Gasteiger partial charge in [0.25, 0.3) is 0 Å². The summed E-state index contributed by atoms with van der Waals surface area (Å²) in [6, 6.07) is 7.60. The smallest absolute Gasteiger partial charge is 0.238 e. The van der Waals surface area contributed by atoms with E-state index in [2.05, 4.69) is 15.5 Å². The molecule has 0 radical (unpaired) electrons. The molecule has 0 aromatic heterocycles. The molecule has 104 valence electrons. The summed E-state index contributed by atoms with van der Waals surface area (Å²) in [5.74, 6) is 0.00963. The Balaban J connectivity index is 1.81. The summed E-state index contributed by atoms with van der Waals surface area (Å²) in [4.78, 5) is 14.1. The van der Waals surface area contributed by atoms with Crippen molar-refractivity contribution in [2.75, 3.05) is 32.0 Å². The van der Waals surface area contributed by atoms with E-state index in [0.29, 0.717) is 17.6 Å². The zero-order valence-corrected chi connectivity index (χ0v) is 11.9. The molecule has 0 bridgehead atoms. The average molecular weight is 282 g/mol. The highest BCUT2D eigenvalue weighted by Crippen LogP contribution is 2.13. The van der Waals surface area contributed by atoms with Crippen molar-refractivity contribution in [3.63, 3.8) is 0 Å². The number of nitrogens with one attached hydrogen (secondary N) is 2. The van der Waals surface area contributed by atoms with Crippen LogP contribution in [-0.2, 0) is 4.79 Å². The number of hydrogen-bond acceptors (Lipinski definition) is 3. The zero-order chi connectivity index (χ0) is 13.7. The first-order chi connectivity index (χ1) is 9.15. The van der Waals surface area contributed by atoms with Crippen LogP contribution in [0, 0.1) is 0 Å². The minimum Gasteiger partial charge on any atom is -0.325 e. The minimum atomic E-state index is 0.00963. The second-order valence-corrected chi connectivity index (χ2v) is 5.41. The number of piperidine rings is 1. The lowest BCUT2D eigenvalue weighted by atomic mass is 10.1. The first kappa shape index (κ1) is 14.3. The molecule has 1 aliphatic heterocycles. The zero-order valence-electron chi connectivity index (χ0n) is 11.2. The lowest BCUT2D eigenvalue weighted by Gasteiger charge is -2.31. The van der Waals surface area contributed by atoms with Crippen molar-refractivity contribution in [1.82, 2.24) is 10.2 Å². The first-order valence-electron chi connectivity index (χ1n) is 6.61. The predicted molar refractivity (Wildman–Crippen MR) is 78.6 cm³/mol. The molecule has 1 fully saturated rings. The van der Waals surface area contributed by atoms with E-state index in [-0.39, 0.29) is 5.91 Å². The third kappa shape index (κ3) is 4.49. The topological polar surface area (TPSA) is 44.4 Å². The number of carbonyl (C=O) groups excluding carboxylic acids is 1. The monoisotopic (exact) mass is 281 g/mol. The Morgan fingerprint density at radius 1 is 1.47 bits per heavy atom. The molecule has 2 N–H and O–H groups in total. The van der Waals surface area contributed by atoms with Crippen LogP contribution in [0.15, 0.2) is 24.3 Å². The maximum absolute atomic E-state index is 11.9. The lowest BCUT2D eigenvalue weighted by molar-refractivity contribution is -0.117. The third-order valence-electron chi connectivity index (χ3n) is 3.42. The van der Waals surface area contributed by atoms with Gasteiger partial charge in [0, 0.05) is 23.3 Å². The van der Waals surface area contributed by atoms with Crippen molar-refractivity contribution >= 4 is 23.2 Å². The fourth-order valence-corrected chi connectivity index (χ4v) is 2.42. The number of halogens is 1. The Bertz CT molecular complexity index is 415. The van der Waals surface area contributed by atoms with Crippen LogP contribution >= 0.6 is 11.6 Å². The molecule has 1 heterocycles. The fraction of sp³-hybridized carbons (Fsp3) is 0.500. The van der Waals surface area contributed by atoms with Crippen LogP contribution in [0.25, 0.3) is 0 Å². The van der Waals surface area contributed by atoms with Gasteiger partial charge in [0.2, 0.25) is 5.91 Å². The Kier molecular flexibility index (Phi) is 5.19. The molecule has 5 heteroatoms. The molecule has 1 aromatic carbocycles. The van der Waals surface area contributed by atoms with Crippen molar-refractivity contribution in [3.8, 4) is 0 Å². The third-order valence-corrected chi connectivity index (χ3v) is 3.67. The van der Waals surface area contributed by atoms with Crippen LogP contribution in [-0.4, -0.2) is 43.5 Å². The molecule has 1 unspecified atom stereocenters. The molecule has 19 heavy (non-hydrogen) atoms. The summed E-state index contributed by atoms with van der Waals surface area (Å²) in [6.45, 7) is 2.46. The van der Waals surface area contributed by atoms with E-state index in [4.69, 9.17) is 11.6 Å². The van der Waals surface area contributed by atoms with Crippen LogP contribution in [0.5, 0.6) is 0 Å². The van der Waals surface area contributed by atoms with Crippen molar-refractivity contribution in [1.29, 1.82) is 0 Å². The second-order valence-electron chi connectivity index (χ2n) is 4.97. The highest BCUT2D eigenvalue weighted by molar-refractivity contribution is 6.30. The van der Waals surface area contributed by atoms with Crippen LogP contribution < -0.4 is 10.6 Å². The Morgan fingerprint density at radius 2 is 2.21 bits per heavy atom. The van der Waals surface area contributed by atoms with Crippen molar-refractivity contribution in [2.24, 2.45) is 0 Å². The quantitative estimate of drug-likeness (QED) is 0.887. The van der Waals surface area contributed by atoms with Gasteiger partial charge in [-0.15, -0.1) is 0 Å². The van der Waals surface area contributed by atoms with Gasteiger partial charge in [0.05, 0.1) is 6.54 Å². The molecule has 0 saturated carbocycles. The normalized spacial score (nSPS) is 19.4. The van der Waals surface area contributed by atoms with E-state index < -0.39 is 0 Å². The standard InChI is InChI=1S/C14H20ClN3O/c1-18(13-3-2-8-16-9-13)10-14(19)17-12-6-4-11(15)5-7-12/h4-7,13,16H,2-3,8-10H2,1H3,(H,17,19). The highest BCUT2D eigenvalue weighted by Gasteiger charge is 2.19. The van der Waals surface area contributed by atoms with Gasteiger partial charge in [0.15, 0.2) is 0 Å². The maximum atomic E-state index is 11.9. The number of anilines is 1. The number of amides is 1. The molecule has 0 aliphatic carbocycles. The molecule has 2 rings (SSSR count). The highest BCUT2D eigenvalue weighted by atomic mass is 35.5. The van der Waals surface area contributed by atoms with Crippen LogP contribution in [0.4, 0.5) is 5.69 Å². The number of rotatable bonds is 4. The number of hydrogen-bond donors (Lipinski definition) is 2. The minimum absolute atomic E-state index is 0.00963. The van der Waals surface area contributed by atoms with Gasteiger partial charge < -0.3 is 10.6 Å². The molecule has 4 nitrogen and oxygen atoms in total. The molecule has 1 atom stereocenters. The predicted octanol–water partition coefficient (Wildman–Crippen LogP) is 1.96. The largest absolute Gasteiger partial charge is 0.325 e. The average Bonchev–Trinajstić information content (AvgIpc) is 2.42. The second kappa shape index (κ2) is 6.89. The molecular weight excluding hydrogens is 262 g/mol. The summed E-state index contributed by atoms with van der Waals surface area (Å²) in [5.41, 5.74) is 0.782. The Hall–Kier alpha value is -1.10. The van der Waals surface area contributed by atoms with Gasteiger partial charge in [-0.25, -0.2) is 0 Å². The lowest BCUT2D eigenvalue weighted by Crippen LogP contribution is -2.46. The first-order valence-corrected chi connectivity index (χ1v) is 6.99. The van der Waals surface area contributed by atoms with E-state index in [0.717, 1.165) is 25.2 Å². The van der Waals surface area contributed by atoms with E-state index in [1.807, 2.05) is 19.2 Å². The van der Waals surface area contributed by atoms with E-state index >= 15 is 0 Å². The number of likely N-dealkylation sites (N-methyl/N-ethyl adjacent to an activating group) is 1. The Morgan fingerprint density at radius 3 is 2.84 bits per heavy atom. The van der Waals surface area contributed by atoms with Gasteiger partial charge in [-0.3, -0.25) is 9.69 Å². The van der Waals surface area contributed by atoms with Gasteiger partial charge in [-0.05, 0) is 50.7 Å². The molecular formula is C14H20ClN3O. The number of nitrogens with zero attached hydrogens (tertiary/aromatic N) is 1. The van der Waals surface area contributed by atoms with Crippen LogP contribution in [0.2, 0.25) is 5.02 Å². The number of benzene rings is 1. The molecule has 0 spiro atoms. The van der Waals surface area contributed by atoms with E-state index in [1.54, 1.807) is 12.1 Å². The van der Waals surface area contributed by atoms with Gasteiger partial charge in [-0.2, -0.15) is 0 Å². The van der Waals surface area contributed by atoms with Crippen molar-refractivity contribution in [3.05, 3.63) is 29.3 Å². The number of carbonyl (C=O) groups is 1. The maximum Gasteiger partial charge on any atom is 0.238 e. The Labute approximate surface area is 119 Å².